The number of benzene rings is 1. The van der Waals surface area contributed by atoms with Gasteiger partial charge in [-0.2, -0.15) is 5.10 Å². The van der Waals surface area contributed by atoms with Gasteiger partial charge in [0.2, 0.25) is 10.0 Å². The first-order valence-electron chi connectivity index (χ1n) is 6.10. The van der Waals surface area contributed by atoms with Crippen molar-refractivity contribution in [1.82, 2.24) is 14.5 Å². The van der Waals surface area contributed by atoms with Crippen LogP contribution in [0.25, 0.3) is 0 Å². The van der Waals surface area contributed by atoms with E-state index in [0.29, 0.717) is 16.6 Å². The van der Waals surface area contributed by atoms with Gasteiger partial charge in [-0.3, -0.25) is 4.68 Å². The lowest BCUT2D eigenvalue weighted by molar-refractivity contribution is 0.580. The van der Waals surface area contributed by atoms with Gasteiger partial charge in [-0.15, -0.1) is 0 Å². The van der Waals surface area contributed by atoms with Gasteiger partial charge in [0.05, 0.1) is 0 Å². The molecule has 0 aliphatic carbocycles. The van der Waals surface area contributed by atoms with Crippen LogP contribution >= 0.6 is 15.9 Å². The summed E-state index contributed by atoms with van der Waals surface area (Å²) in [5.41, 5.74) is 6.09. The quantitative estimate of drug-likeness (QED) is 0.833. The van der Waals surface area contributed by atoms with Gasteiger partial charge < -0.3 is 5.73 Å². The smallest absolute Gasteiger partial charge is 0.246 e. The molecule has 3 N–H and O–H groups in total. The van der Waals surface area contributed by atoms with Crippen LogP contribution < -0.4 is 10.5 Å². The predicted octanol–water partition coefficient (Wildman–Crippen LogP) is 1.87. The monoisotopic (exact) mass is 376 g/mol. The molecule has 1 aromatic heterocycles. The number of nitrogens with zero attached hydrogens (tertiary/aromatic N) is 2. The Morgan fingerprint density at radius 3 is 2.81 bits per heavy atom. The lowest BCUT2D eigenvalue weighted by atomic mass is 10.2. The summed E-state index contributed by atoms with van der Waals surface area (Å²) in [5, 5.41) is 3.89. The minimum Gasteiger partial charge on any atom is -0.381 e. The Morgan fingerprint density at radius 1 is 1.48 bits per heavy atom. The van der Waals surface area contributed by atoms with E-state index >= 15 is 0 Å². The molecule has 2 rings (SSSR count). The molecule has 0 spiro atoms. The number of nitrogens with one attached hydrogen (secondary N) is 1. The Bertz CT molecular complexity index is 761. The van der Waals surface area contributed by atoms with Gasteiger partial charge >= 0.3 is 0 Å². The molecule has 1 heterocycles. The van der Waals surface area contributed by atoms with Crippen LogP contribution in [0.5, 0.6) is 0 Å². The normalized spacial score (nSPS) is 11.8. The number of nitrogen functional groups attached to an aromatic ring is 1. The summed E-state index contributed by atoms with van der Waals surface area (Å²) in [4.78, 5) is -0.0862. The molecule has 0 saturated heterocycles. The van der Waals surface area contributed by atoms with Crippen molar-refractivity contribution >= 4 is 31.8 Å². The average Bonchev–Trinajstić information content (AvgIpc) is 2.82. The second-order valence-corrected chi connectivity index (χ2v) is 6.88. The van der Waals surface area contributed by atoms with Crippen molar-refractivity contribution in [1.29, 1.82) is 0 Å². The number of hydrogen-bond acceptors (Lipinski definition) is 4. The fourth-order valence-electron chi connectivity index (χ4n) is 1.72. The molecule has 0 unspecified atom stereocenters. The van der Waals surface area contributed by atoms with E-state index in [-0.39, 0.29) is 17.3 Å². The number of nitrogens with two attached hydrogens (primary N) is 1. The van der Waals surface area contributed by atoms with E-state index in [1.807, 2.05) is 6.92 Å². The van der Waals surface area contributed by atoms with Crippen LogP contribution in [0, 0.1) is 5.82 Å². The van der Waals surface area contributed by atoms with Crippen LogP contribution in [-0.2, 0) is 23.1 Å². The molecule has 0 radical (unpaired) electrons. The van der Waals surface area contributed by atoms with Gasteiger partial charge in [0.1, 0.15) is 10.7 Å². The van der Waals surface area contributed by atoms with Crippen LogP contribution in [0.2, 0.25) is 0 Å². The molecule has 0 aliphatic heterocycles. The highest BCUT2D eigenvalue weighted by Crippen LogP contribution is 2.20. The number of aromatic nitrogens is 2. The fourth-order valence-corrected chi connectivity index (χ4v) is 3.18. The first-order chi connectivity index (χ1) is 9.83. The van der Waals surface area contributed by atoms with E-state index in [4.69, 9.17) is 5.73 Å². The Hall–Kier alpha value is -1.45. The molecular formula is C12H14BrFN4O2S. The fraction of sp³-hybridized carbons (Fsp3) is 0.250. The van der Waals surface area contributed by atoms with Crippen molar-refractivity contribution in [2.45, 2.75) is 24.9 Å². The standard InChI is InChI=1S/C12H14BrFN4O2S/c1-2-18-7-11(12(15)17-18)21(19,20)16-6-8-5-9(14)3-4-10(8)13/h3-5,7,16H,2,6H2,1H3,(H2,15,17). The number of rotatable bonds is 5. The molecule has 1 aromatic carbocycles. The third-order valence-electron chi connectivity index (χ3n) is 2.83. The third-order valence-corrected chi connectivity index (χ3v) is 5.02. The van der Waals surface area contributed by atoms with E-state index in [0.717, 1.165) is 0 Å². The second-order valence-electron chi connectivity index (χ2n) is 4.29. The maximum absolute atomic E-state index is 13.2. The molecule has 0 amide bonds. The first kappa shape index (κ1) is 15.9. The molecule has 0 atom stereocenters. The summed E-state index contributed by atoms with van der Waals surface area (Å²) >= 11 is 3.24. The molecule has 9 heteroatoms. The number of anilines is 1. The van der Waals surface area contributed by atoms with Crippen LogP contribution in [-0.4, -0.2) is 18.2 Å². The first-order valence-corrected chi connectivity index (χ1v) is 8.37. The van der Waals surface area contributed by atoms with E-state index < -0.39 is 15.8 Å². The summed E-state index contributed by atoms with van der Waals surface area (Å²) < 4.78 is 42.0. The molecule has 0 bridgehead atoms. The van der Waals surface area contributed by atoms with Gasteiger partial charge in [0.15, 0.2) is 5.82 Å². The van der Waals surface area contributed by atoms with E-state index in [1.54, 1.807) is 0 Å². The van der Waals surface area contributed by atoms with Crippen LogP contribution in [0.4, 0.5) is 10.2 Å². The summed E-state index contributed by atoms with van der Waals surface area (Å²) in [5.74, 6) is -0.506. The molecule has 2 aromatic rings. The van der Waals surface area contributed by atoms with Crippen LogP contribution in [0.15, 0.2) is 33.8 Å². The summed E-state index contributed by atoms with van der Waals surface area (Å²) in [6, 6.07) is 4.05. The van der Waals surface area contributed by atoms with Crippen molar-refractivity contribution < 1.29 is 12.8 Å². The van der Waals surface area contributed by atoms with E-state index in [2.05, 4.69) is 25.8 Å². The number of aryl methyl sites for hydroxylation is 1. The van der Waals surface area contributed by atoms with E-state index in [9.17, 15) is 12.8 Å². The number of halogens is 2. The number of sulfonamides is 1. The Morgan fingerprint density at radius 2 is 2.19 bits per heavy atom. The lowest BCUT2D eigenvalue weighted by Gasteiger charge is -2.07. The Kier molecular flexibility index (Phi) is 4.64. The maximum Gasteiger partial charge on any atom is 0.246 e. The highest BCUT2D eigenvalue weighted by atomic mass is 79.9. The molecule has 0 fully saturated rings. The van der Waals surface area contributed by atoms with Gasteiger partial charge in [-0.05, 0) is 30.7 Å². The zero-order chi connectivity index (χ0) is 15.6. The minimum absolute atomic E-state index is 0.0581. The van der Waals surface area contributed by atoms with Crippen molar-refractivity contribution in [2.75, 3.05) is 5.73 Å². The predicted molar refractivity (Wildman–Crippen MR) is 80.4 cm³/mol. The summed E-state index contributed by atoms with van der Waals surface area (Å²) in [7, 11) is -3.81. The van der Waals surface area contributed by atoms with Crippen LogP contribution in [0.3, 0.4) is 0 Å². The SMILES string of the molecule is CCn1cc(S(=O)(=O)NCc2cc(F)ccc2Br)c(N)n1. The Labute approximate surface area is 130 Å². The van der Waals surface area contributed by atoms with Gasteiger partial charge in [-0.25, -0.2) is 17.5 Å². The molecule has 21 heavy (non-hydrogen) atoms. The van der Waals surface area contributed by atoms with Gasteiger partial charge in [0, 0.05) is 23.8 Å². The van der Waals surface area contributed by atoms with Crippen molar-refractivity contribution in [3.05, 3.63) is 40.2 Å². The molecule has 0 saturated carbocycles. The minimum atomic E-state index is -3.81. The zero-order valence-corrected chi connectivity index (χ0v) is 13.6. The second kappa shape index (κ2) is 6.12. The third kappa shape index (κ3) is 3.60. The van der Waals surface area contributed by atoms with Crippen LogP contribution in [0.1, 0.15) is 12.5 Å². The highest BCUT2D eigenvalue weighted by molar-refractivity contribution is 9.10. The molecule has 114 valence electrons. The highest BCUT2D eigenvalue weighted by Gasteiger charge is 2.21. The van der Waals surface area contributed by atoms with E-state index in [1.165, 1.54) is 29.1 Å². The number of hydrogen-bond donors (Lipinski definition) is 2. The van der Waals surface area contributed by atoms with Crippen molar-refractivity contribution in [3.63, 3.8) is 0 Å². The zero-order valence-electron chi connectivity index (χ0n) is 11.2. The topological polar surface area (TPSA) is 90.0 Å². The largest absolute Gasteiger partial charge is 0.381 e. The van der Waals surface area contributed by atoms with Crippen molar-refractivity contribution in [2.24, 2.45) is 0 Å². The molecular weight excluding hydrogens is 363 g/mol. The average molecular weight is 377 g/mol. The maximum atomic E-state index is 13.2. The molecule has 0 aliphatic rings. The lowest BCUT2D eigenvalue weighted by Crippen LogP contribution is -2.24. The Balaban J connectivity index is 2.21. The summed E-state index contributed by atoms with van der Waals surface area (Å²) in [6.07, 6.45) is 1.36. The summed E-state index contributed by atoms with van der Waals surface area (Å²) in [6.45, 7) is 2.27. The van der Waals surface area contributed by atoms with Gasteiger partial charge in [-0.1, -0.05) is 15.9 Å². The molecule has 6 nitrogen and oxygen atoms in total. The van der Waals surface area contributed by atoms with Crippen molar-refractivity contribution in [3.8, 4) is 0 Å². The van der Waals surface area contributed by atoms with Gasteiger partial charge in [0.25, 0.3) is 0 Å².